The fourth-order valence-electron chi connectivity index (χ4n) is 2.08. The smallest absolute Gasteiger partial charge is 0.410 e. The maximum atomic E-state index is 12.1. The average Bonchev–Trinajstić information content (AvgIpc) is 2.13. The van der Waals surface area contributed by atoms with E-state index in [1.807, 2.05) is 20.8 Å². The number of hydrogen-bond acceptors (Lipinski definition) is 4. The lowest BCUT2D eigenvalue weighted by molar-refractivity contribution is -0.139. The summed E-state index contributed by atoms with van der Waals surface area (Å²) in [5, 5.41) is 0. The molecule has 0 radical (unpaired) electrons. The van der Waals surface area contributed by atoms with Crippen LogP contribution in [0, 0.1) is 0 Å². The lowest BCUT2D eigenvalue weighted by atomic mass is 9.72. The Morgan fingerprint density at radius 3 is 2.17 bits per heavy atom. The molecule has 1 amide bonds. The van der Waals surface area contributed by atoms with Crippen molar-refractivity contribution in [2.45, 2.75) is 51.2 Å². The molecular weight excluding hydrogens is 234 g/mol. The number of nitrogens with zero attached hydrogens (tertiary/aromatic N) is 1. The highest BCUT2D eigenvalue weighted by atomic mass is 16.6. The molecule has 0 aromatic heterocycles. The maximum absolute atomic E-state index is 12.1. The third-order valence-corrected chi connectivity index (χ3v) is 3.28. The van der Waals surface area contributed by atoms with Gasteiger partial charge in [-0.1, -0.05) is 0 Å². The van der Waals surface area contributed by atoms with Gasteiger partial charge in [0.05, 0.1) is 0 Å². The van der Waals surface area contributed by atoms with Gasteiger partial charge in [0.2, 0.25) is 0 Å². The molecule has 1 saturated carbocycles. The molecule has 0 spiro atoms. The van der Waals surface area contributed by atoms with E-state index >= 15 is 0 Å². The standard InChI is InChI=1S/C13H23NO4/c1-12(2,3)18-11(16)14(4)13(7-6-8-13)10(15)9-17-5/h6-9H2,1-5H3. The van der Waals surface area contributed by atoms with Crippen molar-refractivity contribution in [2.75, 3.05) is 20.8 Å². The van der Waals surface area contributed by atoms with Gasteiger partial charge in [-0.3, -0.25) is 9.69 Å². The first-order valence-corrected chi connectivity index (χ1v) is 6.22. The Morgan fingerprint density at radius 2 is 1.83 bits per heavy atom. The third kappa shape index (κ3) is 3.02. The summed E-state index contributed by atoms with van der Waals surface area (Å²) in [4.78, 5) is 25.5. The number of carbonyl (C=O) groups excluding carboxylic acids is 2. The molecule has 0 unspecified atom stereocenters. The van der Waals surface area contributed by atoms with Gasteiger partial charge in [-0.25, -0.2) is 4.79 Å². The van der Waals surface area contributed by atoms with Crippen LogP contribution >= 0.6 is 0 Å². The molecule has 0 heterocycles. The Morgan fingerprint density at radius 1 is 1.28 bits per heavy atom. The summed E-state index contributed by atoms with van der Waals surface area (Å²) in [6, 6.07) is 0. The highest BCUT2D eigenvalue weighted by molar-refractivity contribution is 5.93. The van der Waals surface area contributed by atoms with Crippen molar-refractivity contribution in [1.29, 1.82) is 0 Å². The second-order valence-electron chi connectivity index (χ2n) is 5.78. The summed E-state index contributed by atoms with van der Waals surface area (Å²) in [6.07, 6.45) is 1.87. The maximum Gasteiger partial charge on any atom is 0.410 e. The predicted molar refractivity (Wildman–Crippen MR) is 67.5 cm³/mol. The first-order valence-electron chi connectivity index (χ1n) is 6.22. The van der Waals surface area contributed by atoms with E-state index < -0.39 is 17.2 Å². The molecule has 1 aliphatic rings. The van der Waals surface area contributed by atoms with E-state index in [2.05, 4.69) is 0 Å². The Bertz CT molecular complexity index is 328. The number of methoxy groups -OCH3 is 1. The van der Waals surface area contributed by atoms with Gasteiger partial charge in [0.1, 0.15) is 17.7 Å². The zero-order chi connectivity index (χ0) is 14.0. The van der Waals surface area contributed by atoms with Gasteiger partial charge in [0.15, 0.2) is 5.78 Å². The van der Waals surface area contributed by atoms with Gasteiger partial charge in [-0.05, 0) is 40.0 Å². The van der Waals surface area contributed by atoms with E-state index in [1.165, 1.54) is 12.0 Å². The largest absolute Gasteiger partial charge is 0.444 e. The van der Waals surface area contributed by atoms with Crippen molar-refractivity contribution in [3.63, 3.8) is 0 Å². The zero-order valence-corrected chi connectivity index (χ0v) is 11.9. The lowest BCUT2D eigenvalue weighted by Crippen LogP contribution is -2.61. The first kappa shape index (κ1) is 15.0. The number of ketones is 1. The molecule has 5 nitrogen and oxygen atoms in total. The normalized spacial score (nSPS) is 17.8. The number of Topliss-reactive ketones (excluding diaryl/α,β-unsaturated/α-hetero) is 1. The molecule has 1 fully saturated rings. The summed E-state index contributed by atoms with van der Waals surface area (Å²) < 4.78 is 10.2. The van der Waals surface area contributed by atoms with Gasteiger partial charge in [-0.2, -0.15) is 0 Å². The van der Waals surface area contributed by atoms with Crippen molar-refractivity contribution in [3.8, 4) is 0 Å². The van der Waals surface area contributed by atoms with Crippen molar-refractivity contribution in [3.05, 3.63) is 0 Å². The SMILES string of the molecule is COCC(=O)C1(N(C)C(=O)OC(C)(C)C)CCC1. The molecule has 104 valence electrons. The first-order chi connectivity index (χ1) is 8.23. The number of ether oxygens (including phenoxy) is 2. The number of rotatable bonds is 4. The molecular formula is C13H23NO4. The number of likely N-dealkylation sites (N-methyl/N-ethyl adjacent to an activating group) is 1. The van der Waals surface area contributed by atoms with Crippen LogP contribution in [0.15, 0.2) is 0 Å². The van der Waals surface area contributed by atoms with Crippen LogP contribution in [0.4, 0.5) is 4.79 Å². The van der Waals surface area contributed by atoms with Crippen molar-refractivity contribution < 1.29 is 19.1 Å². The highest BCUT2D eigenvalue weighted by Crippen LogP contribution is 2.38. The van der Waals surface area contributed by atoms with Crippen LogP contribution in [0.3, 0.4) is 0 Å². The predicted octanol–water partition coefficient (Wildman–Crippen LogP) is 1.99. The number of amides is 1. The molecule has 0 saturated heterocycles. The molecule has 18 heavy (non-hydrogen) atoms. The second-order valence-corrected chi connectivity index (χ2v) is 5.78. The number of carbonyl (C=O) groups is 2. The van der Waals surface area contributed by atoms with E-state index in [0.717, 1.165) is 6.42 Å². The van der Waals surface area contributed by atoms with Crippen LogP contribution in [-0.2, 0) is 14.3 Å². The van der Waals surface area contributed by atoms with Crippen LogP contribution in [0.25, 0.3) is 0 Å². The highest BCUT2D eigenvalue weighted by Gasteiger charge is 2.49. The number of hydrogen-bond donors (Lipinski definition) is 0. The minimum Gasteiger partial charge on any atom is -0.444 e. The summed E-state index contributed by atoms with van der Waals surface area (Å²) in [7, 11) is 3.11. The van der Waals surface area contributed by atoms with E-state index in [1.54, 1.807) is 7.05 Å². The molecule has 0 atom stereocenters. The van der Waals surface area contributed by atoms with Crippen LogP contribution in [0.2, 0.25) is 0 Å². The molecule has 0 aliphatic heterocycles. The van der Waals surface area contributed by atoms with E-state index in [0.29, 0.717) is 12.8 Å². The Labute approximate surface area is 108 Å². The van der Waals surface area contributed by atoms with Crippen LogP contribution in [0.1, 0.15) is 40.0 Å². The van der Waals surface area contributed by atoms with Gasteiger partial charge >= 0.3 is 6.09 Å². The van der Waals surface area contributed by atoms with E-state index in [4.69, 9.17) is 9.47 Å². The molecule has 1 rings (SSSR count). The molecule has 0 aromatic carbocycles. The summed E-state index contributed by atoms with van der Waals surface area (Å²) in [6.45, 7) is 5.46. The Balaban J connectivity index is 2.76. The van der Waals surface area contributed by atoms with Crippen molar-refractivity contribution in [1.82, 2.24) is 4.90 Å². The molecule has 5 heteroatoms. The van der Waals surface area contributed by atoms with Crippen molar-refractivity contribution in [2.24, 2.45) is 0 Å². The average molecular weight is 257 g/mol. The molecule has 1 aliphatic carbocycles. The van der Waals surface area contributed by atoms with Gasteiger partial charge in [0.25, 0.3) is 0 Å². The monoisotopic (exact) mass is 257 g/mol. The Kier molecular flexibility index (Phi) is 4.37. The van der Waals surface area contributed by atoms with Crippen molar-refractivity contribution >= 4 is 11.9 Å². The van der Waals surface area contributed by atoms with Gasteiger partial charge < -0.3 is 9.47 Å². The Hall–Kier alpha value is -1.10. The summed E-state index contributed by atoms with van der Waals surface area (Å²) in [5.41, 5.74) is -1.28. The fourth-order valence-corrected chi connectivity index (χ4v) is 2.08. The van der Waals surface area contributed by atoms with Crippen LogP contribution in [-0.4, -0.2) is 48.7 Å². The third-order valence-electron chi connectivity index (χ3n) is 3.28. The molecule has 0 N–H and O–H groups in total. The minimum atomic E-state index is -0.724. The second kappa shape index (κ2) is 5.26. The van der Waals surface area contributed by atoms with Gasteiger partial charge in [0, 0.05) is 14.2 Å². The molecule has 0 bridgehead atoms. The molecule has 0 aromatic rings. The van der Waals surface area contributed by atoms with E-state index in [9.17, 15) is 9.59 Å². The topological polar surface area (TPSA) is 55.8 Å². The van der Waals surface area contributed by atoms with E-state index in [-0.39, 0.29) is 12.4 Å². The minimum absolute atomic E-state index is 0.0349. The summed E-state index contributed by atoms with van der Waals surface area (Å²) in [5.74, 6) is -0.0513. The summed E-state index contributed by atoms with van der Waals surface area (Å²) >= 11 is 0. The zero-order valence-electron chi connectivity index (χ0n) is 11.9. The van der Waals surface area contributed by atoms with Crippen LogP contribution < -0.4 is 0 Å². The van der Waals surface area contributed by atoms with Gasteiger partial charge in [-0.15, -0.1) is 0 Å². The van der Waals surface area contributed by atoms with Crippen LogP contribution in [0.5, 0.6) is 0 Å². The fraction of sp³-hybridized carbons (Fsp3) is 0.846. The lowest BCUT2D eigenvalue weighted by Gasteiger charge is -2.46. The quantitative estimate of drug-likeness (QED) is 0.773.